The van der Waals surface area contributed by atoms with Gasteiger partial charge in [0.25, 0.3) is 0 Å². The lowest BCUT2D eigenvalue weighted by molar-refractivity contribution is -0.132. The third-order valence-electron chi connectivity index (χ3n) is 8.57. The molecule has 0 aromatic heterocycles. The van der Waals surface area contributed by atoms with Crippen LogP contribution in [0.15, 0.2) is 0 Å². The Labute approximate surface area is 254 Å². The molecular formula is C35H71NO5. The fourth-order valence-corrected chi connectivity index (χ4v) is 5.64. The maximum atomic E-state index is 12.4. The molecule has 41 heavy (non-hydrogen) atoms. The quantitative estimate of drug-likeness (QED) is 0.0512. The third-order valence-corrected chi connectivity index (χ3v) is 8.57. The second-order valence-corrected chi connectivity index (χ2v) is 12.6. The zero-order valence-electron chi connectivity index (χ0n) is 27.3. The van der Waals surface area contributed by atoms with Gasteiger partial charge in [-0.3, -0.25) is 4.79 Å². The standard InChI is InChI=1S/C35H71NO5/c1-3-5-7-9-11-12-13-14-15-16-17-18-19-20-21-23-25-27-29-33(39)35(41)36-31(30-37)34(40)32(38)28-26-24-22-10-8-6-4-2/h31-34,37-40H,3-30H2,1-2H3,(H,36,41). The normalized spacial score (nSPS) is 14.6. The Bertz CT molecular complexity index is 547. The van der Waals surface area contributed by atoms with Gasteiger partial charge in [0.05, 0.1) is 18.8 Å². The van der Waals surface area contributed by atoms with Crippen molar-refractivity contribution in [3.8, 4) is 0 Å². The van der Waals surface area contributed by atoms with Crippen molar-refractivity contribution in [3.63, 3.8) is 0 Å². The van der Waals surface area contributed by atoms with Crippen molar-refractivity contribution < 1.29 is 25.2 Å². The van der Waals surface area contributed by atoms with Gasteiger partial charge in [-0.05, 0) is 12.8 Å². The number of carbonyl (C=O) groups excluding carboxylic acids is 1. The van der Waals surface area contributed by atoms with Gasteiger partial charge in [0.15, 0.2) is 0 Å². The number of unbranched alkanes of at least 4 members (excludes halogenated alkanes) is 23. The van der Waals surface area contributed by atoms with Crippen LogP contribution in [-0.4, -0.2) is 57.3 Å². The lowest BCUT2D eigenvalue weighted by Crippen LogP contribution is -2.53. The van der Waals surface area contributed by atoms with Crippen LogP contribution in [0.4, 0.5) is 0 Å². The van der Waals surface area contributed by atoms with Gasteiger partial charge in [-0.2, -0.15) is 0 Å². The zero-order valence-corrected chi connectivity index (χ0v) is 27.3. The number of aliphatic hydroxyl groups excluding tert-OH is 4. The third kappa shape index (κ3) is 25.5. The predicted molar refractivity (Wildman–Crippen MR) is 173 cm³/mol. The van der Waals surface area contributed by atoms with E-state index < -0.39 is 36.9 Å². The Morgan fingerprint density at radius 1 is 0.512 bits per heavy atom. The minimum absolute atomic E-state index is 0.374. The highest BCUT2D eigenvalue weighted by atomic mass is 16.3. The highest BCUT2D eigenvalue weighted by Crippen LogP contribution is 2.16. The van der Waals surface area contributed by atoms with Crippen molar-refractivity contribution in [1.29, 1.82) is 0 Å². The first-order valence-corrected chi connectivity index (χ1v) is 17.9. The van der Waals surface area contributed by atoms with Crippen LogP contribution in [0.3, 0.4) is 0 Å². The number of aliphatic hydroxyl groups is 4. The van der Waals surface area contributed by atoms with Crippen molar-refractivity contribution >= 4 is 5.91 Å². The van der Waals surface area contributed by atoms with Gasteiger partial charge in [0, 0.05) is 0 Å². The molecule has 0 saturated heterocycles. The molecule has 0 fully saturated rings. The van der Waals surface area contributed by atoms with Crippen LogP contribution in [0.25, 0.3) is 0 Å². The fraction of sp³-hybridized carbons (Fsp3) is 0.971. The van der Waals surface area contributed by atoms with Crippen LogP contribution >= 0.6 is 0 Å². The molecule has 0 aliphatic heterocycles. The lowest BCUT2D eigenvalue weighted by Gasteiger charge is -2.27. The minimum Gasteiger partial charge on any atom is -0.394 e. The van der Waals surface area contributed by atoms with Crippen molar-refractivity contribution in [2.45, 2.75) is 212 Å². The molecule has 0 radical (unpaired) electrons. The highest BCUT2D eigenvalue weighted by molar-refractivity contribution is 5.80. The van der Waals surface area contributed by atoms with Gasteiger partial charge in [-0.15, -0.1) is 0 Å². The molecule has 0 spiro atoms. The lowest BCUT2D eigenvalue weighted by atomic mass is 9.99. The molecule has 5 N–H and O–H groups in total. The van der Waals surface area contributed by atoms with Crippen LogP contribution in [0.1, 0.15) is 187 Å². The number of carbonyl (C=O) groups is 1. The summed E-state index contributed by atoms with van der Waals surface area (Å²) < 4.78 is 0. The van der Waals surface area contributed by atoms with E-state index >= 15 is 0 Å². The average molecular weight is 586 g/mol. The summed E-state index contributed by atoms with van der Waals surface area (Å²) in [7, 11) is 0. The summed E-state index contributed by atoms with van der Waals surface area (Å²) >= 11 is 0. The Kier molecular flexibility index (Phi) is 30.2. The summed E-state index contributed by atoms with van der Waals surface area (Å²) in [5, 5.41) is 43.1. The van der Waals surface area contributed by atoms with E-state index in [9.17, 15) is 25.2 Å². The first kappa shape index (κ1) is 40.3. The molecule has 6 heteroatoms. The second-order valence-electron chi connectivity index (χ2n) is 12.6. The van der Waals surface area contributed by atoms with Crippen LogP contribution in [0, 0.1) is 0 Å². The molecule has 4 unspecified atom stereocenters. The van der Waals surface area contributed by atoms with Crippen molar-refractivity contribution in [2.75, 3.05) is 6.61 Å². The molecule has 246 valence electrons. The molecule has 4 atom stereocenters. The van der Waals surface area contributed by atoms with Gasteiger partial charge >= 0.3 is 0 Å². The SMILES string of the molecule is CCCCCCCCCCCCCCCCCCCCC(O)C(=O)NC(CO)C(O)C(O)CCCCCCCCC. The molecule has 0 heterocycles. The Morgan fingerprint density at radius 3 is 1.17 bits per heavy atom. The summed E-state index contributed by atoms with van der Waals surface area (Å²) in [6, 6.07) is -0.975. The van der Waals surface area contributed by atoms with Gasteiger partial charge in [0.2, 0.25) is 5.91 Å². The molecule has 1 amide bonds. The summed E-state index contributed by atoms with van der Waals surface area (Å²) in [5.74, 6) is -0.585. The van der Waals surface area contributed by atoms with Crippen LogP contribution in [0.2, 0.25) is 0 Å². The molecule has 0 saturated carbocycles. The zero-order chi connectivity index (χ0) is 30.4. The summed E-state index contributed by atoms with van der Waals surface area (Å²) in [6.07, 6.45) is 28.6. The highest BCUT2D eigenvalue weighted by Gasteiger charge is 2.28. The number of rotatable bonds is 32. The molecule has 0 aliphatic carbocycles. The van der Waals surface area contributed by atoms with Crippen LogP contribution in [0.5, 0.6) is 0 Å². The predicted octanol–water partition coefficient (Wildman–Crippen LogP) is 8.12. The van der Waals surface area contributed by atoms with Gasteiger partial charge in [-0.25, -0.2) is 0 Å². The van der Waals surface area contributed by atoms with E-state index in [0.29, 0.717) is 12.8 Å². The largest absolute Gasteiger partial charge is 0.394 e. The van der Waals surface area contributed by atoms with Crippen LogP contribution in [-0.2, 0) is 4.79 Å². The van der Waals surface area contributed by atoms with Crippen molar-refractivity contribution in [3.05, 3.63) is 0 Å². The first-order chi connectivity index (χ1) is 20.0. The average Bonchev–Trinajstić information content (AvgIpc) is 2.98. The van der Waals surface area contributed by atoms with E-state index in [0.717, 1.165) is 38.5 Å². The maximum absolute atomic E-state index is 12.4. The topological polar surface area (TPSA) is 110 Å². The number of hydrogen-bond acceptors (Lipinski definition) is 5. The summed E-state index contributed by atoms with van der Waals surface area (Å²) in [5.41, 5.74) is 0. The Hall–Kier alpha value is -0.690. The molecular weight excluding hydrogens is 514 g/mol. The maximum Gasteiger partial charge on any atom is 0.249 e. The second kappa shape index (κ2) is 30.8. The molecule has 0 rings (SSSR count). The van der Waals surface area contributed by atoms with Crippen LogP contribution < -0.4 is 5.32 Å². The van der Waals surface area contributed by atoms with Crippen molar-refractivity contribution in [1.82, 2.24) is 5.32 Å². The molecule has 0 aromatic rings. The molecule has 6 nitrogen and oxygen atoms in total. The van der Waals surface area contributed by atoms with Crippen molar-refractivity contribution in [2.24, 2.45) is 0 Å². The van der Waals surface area contributed by atoms with Gasteiger partial charge in [-0.1, -0.05) is 174 Å². The Balaban J connectivity index is 3.71. The molecule has 0 aromatic carbocycles. The molecule has 0 bridgehead atoms. The van der Waals surface area contributed by atoms with E-state index in [1.807, 2.05) is 0 Å². The molecule has 0 aliphatic rings. The summed E-state index contributed by atoms with van der Waals surface area (Å²) in [4.78, 5) is 12.4. The fourth-order valence-electron chi connectivity index (χ4n) is 5.64. The number of amides is 1. The number of nitrogens with one attached hydrogen (secondary N) is 1. The monoisotopic (exact) mass is 586 g/mol. The minimum atomic E-state index is -1.25. The van der Waals surface area contributed by atoms with Gasteiger partial charge < -0.3 is 25.7 Å². The van der Waals surface area contributed by atoms with E-state index in [1.165, 1.54) is 122 Å². The van der Waals surface area contributed by atoms with Gasteiger partial charge in [0.1, 0.15) is 12.2 Å². The number of hydrogen-bond donors (Lipinski definition) is 5. The smallest absolute Gasteiger partial charge is 0.249 e. The Morgan fingerprint density at radius 2 is 0.829 bits per heavy atom. The van der Waals surface area contributed by atoms with E-state index in [-0.39, 0.29) is 0 Å². The first-order valence-electron chi connectivity index (χ1n) is 17.9. The van der Waals surface area contributed by atoms with E-state index in [4.69, 9.17) is 0 Å². The summed E-state index contributed by atoms with van der Waals surface area (Å²) in [6.45, 7) is 3.98. The van der Waals surface area contributed by atoms with E-state index in [2.05, 4.69) is 19.2 Å². The van der Waals surface area contributed by atoms with E-state index in [1.54, 1.807) is 0 Å².